The van der Waals surface area contributed by atoms with Crippen molar-refractivity contribution in [1.29, 1.82) is 0 Å². The number of ether oxygens (including phenoxy) is 1. The molecule has 82 valence electrons. The summed E-state index contributed by atoms with van der Waals surface area (Å²) in [6, 6.07) is 5.05. The van der Waals surface area contributed by atoms with Crippen molar-refractivity contribution in [1.82, 2.24) is 0 Å². The molecule has 0 amide bonds. The molecule has 0 fully saturated rings. The fourth-order valence-electron chi connectivity index (χ4n) is 1.10. The molecule has 0 unspecified atom stereocenters. The molecular formula is C11H13ClO2S. The lowest BCUT2D eigenvalue weighted by Crippen LogP contribution is -2.02. The van der Waals surface area contributed by atoms with Gasteiger partial charge in [0, 0.05) is 10.8 Å². The van der Waals surface area contributed by atoms with Gasteiger partial charge in [-0.25, -0.2) is 0 Å². The second-order valence-electron chi connectivity index (χ2n) is 2.85. The maximum absolute atomic E-state index is 10.7. The molecule has 0 spiro atoms. The lowest BCUT2D eigenvalue weighted by atomic mass is 10.2. The second-order valence-corrected chi connectivity index (χ2v) is 4.68. The molecule has 0 N–H and O–H groups in total. The van der Waals surface area contributed by atoms with Crippen LogP contribution in [0.1, 0.15) is 17.3 Å². The molecule has 0 aliphatic rings. The summed E-state index contributed by atoms with van der Waals surface area (Å²) in [5, 5.41) is 0.549. The number of benzene rings is 1. The molecule has 0 radical (unpaired) electrons. The average molecular weight is 245 g/mol. The predicted molar refractivity (Wildman–Crippen MR) is 65.3 cm³/mol. The summed E-state index contributed by atoms with van der Waals surface area (Å²) >= 11 is 7.57. The molecule has 0 saturated carbocycles. The molecule has 4 heteroatoms. The third-order valence-corrected chi connectivity index (χ3v) is 2.89. The van der Waals surface area contributed by atoms with Crippen molar-refractivity contribution in [3.05, 3.63) is 28.8 Å². The number of hydrogen-bond donors (Lipinski definition) is 0. The van der Waals surface area contributed by atoms with Crippen LogP contribution in [0.5, 0.6) is 5.75 Å². The largest absolute Gasteiger partial charge is 0.492 e. The van der Waals surface area contributed by atoms with E-state index in [0.717, 1.165) is 17.8 Å². The number of aldehydes is 1. The van der Waals surface area contributed by atoms with Crippen LogP contribution in [0.25, 0.3) is 0 Å². The molecule has 0 aliphatic heterocycles. The van der Waals surface area contributed by atoms with Crippen molar-refractivity contribution in [3.8, 4) is 5.75 Å². The summed E-state index contributed by atoms with van der Waals surface area (Å²) in [7, 11) is 0. The van der Waals surface area contributed by atoms with Crippen LogP contribution < -0.4 is 4.74 Å². The van der Waals surface area contributed by atoms with Gasteiger partial charge in [-0.15, -0.1) is 0 Å². The maximum Gasteiger partial charge on any atom is 0.153 e. The minimum atomic E-state index is 0.504. The number of rotatable bonds is 6. The highest BCUT2D eigenvalue weighted by atomic mass is 35.5. The number of carbonyl (C=O) groups is 1. The highest BCUT2D eigenvalue weighted by molar-refractivity contribution is 7.99. The topological polar surface area (TPSA) is 26.3 Å². The molecule has 0 bridgehead atoms. The molecule has 0 saturated heterocycles. The Morgan fingerprint density at radius 2 is 2.33 bits per heavy atom. The van der Waals surface area contributed by atoms with Crippen molar-refractivity contribution in [3.63, 3.8) is 0 Å². The molecular weight excluding hydrogens is 232 g/mol. The Balaban J connectivity index is 2.56. The van der Waals surface area contributed by atoms with Gasteiger partial charge < -0.3 is 4.74 Å². The first-order valence-corrected chi connectivity index (χ1v) is 6.26. The Hall–Kier alpha value is -0.670. The van der Waals surface area contributed by atoms with E-state index in [9.17, 15) is 4.79 Å². The van der Waals surface area contributed by atoms with Gasteiger partial charge in [-0.2, -0.15) is 11.8 Å². The Bertz CT molecular complexity index is 328. The summed E-state index contributed by atoms with van der Waals surface area (Å²) < 4.78 is 5.47. The smallest absolute Gasteiger partial charge is 0.153 e. The number of thioether (sulfide) groups is 1. The molecule has 0 aliphatic carbocycles. The van der Waals surface area contributed by atoms with Crippen molar-refractivity contribution in [2.24, 2.45) is 0 Å². The van der Waals surface area contributed by atoms with E-state index in [2.05, 4.69) is 6.92 Å². The first-order chi connectivity index (χ1) is 7.27. The third-order valence-electron chi connectivity index (χ3n) is 1.79. The van der Waals surface area contributed by atoms with E-state index in [1.807, 2.05) is 0 Å². The molecule has 1 aromatic carbocycles. The van der Waals surface area contributed by atoms with E-state index in [1.54, 1.807) is 30.0 Å². The molecule has 2 nitrogen and oxygen atoms in total. The van der Waals surface area contributed by atoms with Crippen molar-refractivity contribution < 1.29 is 9.53 Å². The predicted octanol–water partition coefficient (Wildman–Crippen LogP) is 3.28. The SMILES string of the molecule is CCSCCOc1ccc(Cl)cc1C=O. The van der Waals surface area contributed by atoms with Crippen molar-refractivity contribution in [2.45, 2.75) is 6.92 Å². The van der Waals surface area contributed by atoms with Crippen LogP contribution in [0.15, 0.2) is 18.2 Å². The van der Waals surface area contributed by atoms with Crippen LogP contribution in [-0.2, 0) is 0 Å². The van der Waals surface area contributed by atoms with Gasteiger partial charge >= 0.3 is 0 Å². The zero-order chi connectivity index (χ0) is 11.1. The summed E-state index contributed by atoms with van der Waals surface area (Å²) in [4.78, 5) is 10.7. The molecule has 0 heterocycles. The first-order valence-electron chi connectivity index (χ1n) is 4.73. The molecule has 15 heavy (non-hydrogen) atoms. The van der Waals surface area contributed by atoms with Crippen LogP contribution in [0, 0.1) is 0 Å². The lowest BCUT2D eigenvalue weighted by Gasteiger charge is -2.07. The Kier molecular flexibility index (Phi) is 5.58. The first kappa shape index (κ1) is 12.4. The van der Waals surface area contributed by atoms with Crippen LogP contribution in [0.4, 0.5) is 0 Å². The summed E-state index contributed by atoms with van der Waals surface area (Å²) in [5.41, 5.74) is 0.504. The average Bonchev–Trinajstić information content (AvgIpc) is 2.26. The Morgan fingerprint density at radius 1 is 1.53 bits per heavy atom. The Morgan fingerprint density at radius 3 is 3.00 bits per heavy atom. The summed E-state index contributed by atoms with van der Waals surface area (Å²) in [6.07, 6.45) is 0.758. The zero-order valence-corrected chi connectivity index (χ0v) is 10.1. The summed E-state index contributed by atoms with van der Waals surface area (Å²) in [6.45, 7) is 2.71. The quantitative estimate of drug-likeness (QED) is 0.568. The molecule has 0 atom stereocenters. The highest BCUT2D eigenvalue weighted by Gasteiger charge is 2.03. The van der Waals surface area contributed by atoms with Crippen LogP contribution in [-0.4, -0.2) is 24.4 Å². The standard InChI is InChI=1S/C11H13ClO2S/c1-2-15-6-5-14-11-4-3-10(12)7-9(11)8-13/h3-4,7-8H,2,5-6H2,1H3. The van der Waals surface area contributed by atoms with Crippen LogP contribution in [0.2, 0.25) is 5.02 Å². The van der Waals surface area contributed by atoms with E-state index in [4.69, 9.17) is 16.3 Å². The van der Waals surface area contributed by atoms with E-state index in [0.29, 0.717) is 22.9 Å². The zero-order valence-electron chi connectivity index (χ0n) is 8.53. The van der Waals surface area contributed by atoms with Gasteiger partial charge in [-0.1, -0.05) is 18.5 Å². The number of hydrogen-bond acceptors (Lipinski definition) is 3. The maximum atomic E-state index is 10.7. The van der Waals surface area contributed by atoms with Gasteiger partial charge in [0.2, 0.25) is 0 Å². The van der Waals surface area contributed by atoms with Gasteiger partial charge in [-0.05, 0) is 24.0 Å². The van der Waals surface area contributed by atoms with Crippen LogP contribution >= 0.6 is 23.4 Å². The van der Waals surface area contributed by atoms with E-state index >= 15 is 0 Å². The highest BCUT2D eigenvalue weighted by Crippen LogP contribution is 2.21. The number of carbonyl (C=O) groups excluding carboxylic acids is 1. The Labute approximate surface area is 99.0 Å². The van der Waals surface area contributed by atoms with Gasteiger partial charge in [0.25, 0.3) is 0 Å². The monoisotopic (exact) mass is 244 g/mol. The molecule has 1 rings (SSSR count). The van der Waals surface area contributed by atoms with E-state index in [1.165, 1.54) is 0 Å². The second kappa shape index (κ2) is 6.75. The normalized spacial score (nSPS) is 10.0. The summed E-state index contributed by atoms with van der Waals surface area (Å²) in [5.74, 6) is 2.60. The van der Waals surface area contributed by atoms with Gasteiger partial charge in [-0.3, -0.25) is 4.79 Å². The molecule has 0 aromatic heterocycles. The third kappa shape index (κ3) is 4.14. The van der Waals surface area contributed by atoms with Crippen molar-refractivity contribution >= 4 is 29.6 Å². The van der Waals surface area contributed by atoms with Gasteiger partial charge in [0.15, 0.2) is 6.29 Å². The lowest BCUT2D eigenvalue weighted by molar-refractivity contribution is 0.112. The number of halogens is 1. The van der Waals surface area contributed by atoms with Gasteiger partial charge in [0.1, 0.15) is 5.75 Å². The van der Waals surface area contributed by atoms with Crippen LogP contribution in [0.3, 0.4) is 0 Å². The van der Waals surface area contributed by atoms with Gasteiger partial charge in [0.05, 0.1) is 12.2 Å². The van der Waals surface area contributed by atoms with Crippen molar-refractivity contribution in [2.75, 3.05) is 18.1 Å². The van der Waals surface area contributed by atoms with E-state index < -0.39 is 0 Å². The minimum Gasteiger partial charge on any atom is -0.492 e. The minimum absolute atomic E-state index is 0.504. The van der Waals surface area contributed by atoms with E-state index in [-0.39, 0.29) is 0 Å². The fourth-order valence-corrected chi connectivity index (χ4v) is 1.77. The fraction of sp³-hybridized carbons (Fsp3) is 0.364. The molecule has 1 aromatic rings.